The van der Waals surface area contributed by atoms with Gasteiger partial charge in [0.15, 0.2) is 0 Å². The van der Waals surface area contributed by atoms with Gasteiger partial charge in [-0.05, 0) is 125 Å². The summed E-state index contributed by atoms with van der Waals surface area (Å²) in [4.78, 5) is 2.37. The number of rotatable bonds is 6. The minimum Gasteiger partial charge on any atom is -0.310 e. The first kappa shape index (κ1) is 30.8. The highest BCUT2D eigenvalue weighted by Crippen LogP contribution is 2.40. The molecular weight excluding hydrogens is 639 g/mol. The quantitative estimate of drug-likeness (QED) is 0.159. The van der Waals surface area contributed by atoms with Crippen LogP contribution in [0.25, 0.3) is 76.5 Å². The first-order valence-corrected chi connectivity index (χ1v) is 18.2. The van der Waals surface area contributed by atoms with Crippen LogP contribution in [-0.4, -0.2) is 0 Å². The number of hydrogen-bond acceptors (Lipinski definition) is 1. The molecule has 0 aliphatic rings. The smallest absolute Gasteiger partial charge is 0.0467 e. The molecule has 0 saturated carbocycles. The molecule has 1 heteroatoms. The number of fused-ring (bicyclic) bond motifs is 5. The van der Waals surface area contributed by atoms with E-state index in [0.29, 0.717) is 0 Å². The van der Waals surface area contributed by atoms with Gasteiger partial charge in [0.1, 0.15) is 0 Å². The van der Waals surface area contributed by atoms with E-state index < -0.39 is 0 Å². The van der Waals surface area contributed by atoms with E-state index in [4.69, 9.17) is 0 Å². The molecule has 10 aromatic rings. The third-order valence-corrected chi connectivity index (χ3v) is 10.6. The fourth-order valence-corrected chi connectivity index (χ4v) is 7.90. The van der Waals surface area contributed by atoms with Crippen molar-refractivity contribution in [2.24, 2.45) is 0 Å². The van der Waals surface area contributed by atoms with E-state index in [1.807, 2.05) is 0 Å². The van der Waals surface area contributed by atoms with Gasteiger partial charge in [-0.25, -0.2) is 0 Å². The fourth-order valence-electron chi connectivity index (χ4n) is 7.90. The number of nitrogens with zero attached hydrogens (tertiary/aromatic N) is 1. The molecule has 248 valence electrons. The van der Waals surface area contributed by atoms with Crippen molar-refractivity contribution in [1.29, 1.82) is 0 Å². The molecule has 0 bridgehead atoms. The first-order chi connectivity index (χ1) is 26.2. The SMILES string of the molecule is c1cc(-c2ccc3ccccc3c2)cc(N(c2ccc(-c3ccc4c(ccc5ccccc54)c3)cc2)c2ccc(-c3cccc4ccccc34)cc2)c1. The molecular formula is C52H35N. The highest BCUT2D eigenvalue weighted by Gasteiger charge is 2.15. The van der Waals surface area contributed by atoms with E-state index in [1.54, 1.807) is 0 Å². The van der Waals surface area contributed by atoms with Crippen LogP contribution in [0.15, 0.2) is 212 Å². The van der Waals surface area contributed by atoms with Crippen LogP contribution in [0.1, 0.15) is 0 Å². The Labute approximate surface area is 309 Å². The summed E-state index contributed by atoms with van der Waals surface area (Å²) in [6, 6.07) is 77.3. The van der Waals surface area contributed by atoms with Crippen molar-refractivity contribution in [1.82, 2.24) is 0 Å². The van der Waals surface area contributed by atoms with Crippen LogP contribution < -0.4 is 4.90 Å². The molecule has 0 aliphatic carbocycles. The predicted molar refractivity (Wildman–Crippen MR) is 227 cm³/mol. The minimum absolute atomic E-state index is 1.11. The van der Waals surface area contributed by atoms with Crippen LogP contribution in [0.5, 0.6) is 0 Å². The summed E-state index contributed by atoms with van der Waals surface area (Å²) in [5.41, 5.74) is 10.6. The molecule has 0 atom stereocenters. The maximum absolute atomic E-state index is 2.37. The zero-order valence-electron chi connectivity index (χ0n) is 29.2. The molecule has 0 heterocycles. The molecule has 0 aromatic heterocycles. The summed E-state index contributed by atoms with van der Waals surface area (Å²) in [6.07, 6.45) is 0. The second-order valence-electron chi connectivity index (χ2n) is 13.8. The fraction of sp³-hybridized carbons (Fsp3) is 0. The molecule has 0 amide bonds. The summed E-state index contributed by atoms with van der Waals surface area (Å²) in [5.74, 6) is 0. The summed E-state index contributed by atoms with van der Waals surface area (Å²) in [5, 5.41) is 10.1. The van der Waals surface area contributed by atoms with Crippen molar-refractivity contribution in [3.8, 4) is 33.4 Å². The van der Waals surface area contributed by atoms with Crippen molar-refractivity contribution in [3.63, 3.8) is 0 Å². The van der Waals surface area contributed by atoms with Gasteiger partial charge < -0.3 is 4.90 Å². The molecule has 0 N–H and O–H groups in total. The minimum atomic E-state index is 1.11. The van der Waals surface area contributed by atoms with Crippen molar-refractivity contribution in [3.05, 3.63) is 212 Å². The summed E-state index contributed by atoms with van der Waals surface area (Å²) < 4.78 is 0. The monoisotopic (exact) mass is 673 g/mol. The van der Waals surface area contributed by atoms with Gasteiger partial charge in [0.25, 0.3) is 0 Å². The number of benzene rings is 10. The molecule has 0 fully saturated rings. The second-order valence-corrected chi connectivity index (χ2v) is 13.8. The molecule has 0 spiro atoms. The molecule has 10 aromatic carbocycles. The highest BCUT2D eigenvalue weighted by atomic mass is 15.1. The van der Waals surface area contributed by atoms with E-state index in [1.165, 1.54) is 76.5 Å². The topological polar surface area (TPSA) is 3.24 Å². The maximum atomic E-state index is 2.37. The lowest BCUT2D eigenvalue weighted by Crippen LogP contribution is -2.10. The molecule has 0 saturated heterocycles. The largest absolute Gasteiger partial charge is 0.310 e. The van der Waals surface area contributed by atoms with Gasteiger partial charge in [0.2, 0.25) is 0 Å². The van der Waals surface area contributed by atoms with E-state index in [-0.39, 0.29) is 0 Å². The van der Waals surface area contributed by atoms with Crippen LogP contribution in [-0.2, 0) is 0 Å². The normalized spacial score (nSPS) is 11.4. The molecule has 0 radical (unpaired) electrons. The third-order valence-electron chi connectivity index (χ3n) is 10.6. The zero-order valence-corrected chi connectivity index (χ0v) is 29.2. The van der Waals surface area contributed by atoms with Gasteiger partial charge in [0.05, 0.1) is 0 Å². The standard InChI is InChI=1S/C52H35N/c1-2-12-41-33-44(21-19-36(41)9-1)42-14-7-15-48(35-42)53(47-30-25-40(26-31-47)51-18-8-13-38-10-3-5-16-49(38)51)46-28-23-37(24-29-46)43-27-32-52-45(34-43)22-20-39-11-4-6-17-50(39)52/h1-35H. The Hall–Kier alpha value is -6.96. The second kappa shape index (κ2) is 13.0. The van der Waals surface area contributed by atoms with Crippen molar-refractivity contribution < 1.29 is 0 Å². The summed E-state index contributed by atoms with van der Waals surface area (Å²) in [6.45, 7) is 0. The Bertz CT molecular complexity index is 2930. The van der Waals surface area contributed by atoms with Gasteiger partial charge in [-0.3, -0.25) is 0 Å². The Morgan fingerprint density at radius 3 is 1.51 bits per heavy atom. The lowest BCUT2D eigenvalue weighted by molar-refractivity contribution is 1.28. The van der Waals surface area contributed by atoms with E-state index in [0.717, 1.165) is 17.1 Å². The van der Waals surface area contributed by atoms with Crippen LogP contribution in [0.3, 0.4) is 0 Å². The molecule has 10 rings (SSSR count). The van der Waals surface area contributed by atoms with Crippen molar-refractivity contribution in [2.75, 3.05) is 4.90 Å². The lowest BCUT2D eigenvalue weighted by Gasteiger charge is -2.26. The maximum Gasteiger partial charge on any atom is 0.0467 e. The van der Waals surface area contributed by atoms with Crippen molar-refractivity contribution in [2.45, 2.75) is 0 Å². The van der Waals surface area contributed by atoms with Gasteiger partial charge >= 0.3 is 0 Å². The van der Waals surface area contributed by atoms with E-state index >= 15 is 0 Å². The van der Waals surface area contributed by atoms with Gasteiger partial charge in [-0.2, -0.15) is 0 Å². The van der Waals surface area contributed by atoms with E-state index in [9.17, 15) is 0 Å². The molecule has 0 aliphatic heterocycles. The summed E-state index contributed by atoms with van der Waals surface area (Å²) >= 11 is 0. The Morgan fingerprint density at radius 1 is 0.226 bits per heavy atom. The van der Waals surface area contributed by atoms with Gasteiger partial charge in [-0.1, -0.05) is 164 Å². The van der Waals surface area contributed by atoms with Crippen LogP contribution in [0, 0.1) is 0 Å². The van der Waals surface area contributed by atoms with Crippen LogP contribution in [0.2, 0.25) is 0 Å². The number of hydrogen-bond donors (Lipinski definition) is 0. The number of anilines is 3. The van der Waals surface area contributed by atoms with Crippen LogP contribution >= 0.6 is 0 Å². The Morgan fingerprint density at radius 2 is 0.717 bits per heavy atom. The molecule has 1 nitrogen and oxygen atoms in total. The third kappa shape index (κ3) is 5.69. The first-order valence-electron chi connectivity index (χ1n) is 18.2. The average molecular weight is 674 g/mol. The highest BCUT2D eigenvalue weighted by molar-refractivity contribution is 6.08. The zero-order chi connectivity index (χ0) is 35.1. The van der Waals surface area contributed by atoms with Crippen molar-refractivity contribution >= 4 is 60.2 Å². The average Bonchev–Trinajstić information content (AvgIpc) is 3.24. The predicted octanol–water partition coefficient (Wildman–Crippen LogP) is 14.8. The van der Waals surface area contributed by atoms with E-state index in [2.05, 4.69) is 217 Å². The van der Waals surface area contributed by atoms with Gasteiger partial charge in [0, 0.05) is 17.1 Å². The Kier molecular flexibility index (Phi) is 7.55. The Balaban J connectivity index is 1.05. The lowest BCUT2D eigenvalue weighted by atomic mass is 9.97. The van der Waals surface area contributed by atoms with Crippen LogP contribution in [0.4, 0.5) is 17.1 Å². The molecule has 0 unspecified atom stereocenters. The summed E-state index contributed by atoms with van der Waals surface area (Å²) in [7, 11) is 0. The van der Waals surface area contributed by atoms with Gasteiger partial charge in [-0.15, -0.1) is 0 Å². The molecule has 53 heavy (non-hydrogen) atoms.